The van der Waals surface area contributed by atoms with Crippen LogP contribution >= 0.6 is 0 Å². The molecule has 0 unspecified atom stereocenters. The first-order chi connectivity index (χ1) is 12.1. The van der Waals surface area contributed by atoms with Crippen molar-refractivity contribution in [2.24, 2.45) is 0 Å². The molecule has 3 nitrogen and oxygen atoms in total. The average molecular weight is 340 g/mol. The first-order valence-corrected chi connectivity index (χ1v) is 8.92. The lowest BCUT2D eigenvalue weighted by Crippen LogP contribution is -2.45. The average Bonchev–Trinajstić information content (AvgIpc) is 3.13. The number of hydrogen-bond donors (Lipinski definition) is 1. The highest BCUT2D eigenvalue weighted by Gasteiger charge is 2.42. The van der Waals surface area contributed by atoms with Gasteiger partial charge in [-0.3, -0.25) is 4.79 Å². The quantitative estimate of drug-likeness (QED) is 0.865. The highest BCUT2D eigenvalue weighted by Crippen LogP contribution is 2.41. The number of para-hydroxylation sites is 1. The van der Waals surface area contributed by atoms with Crippen LogP contribution in [0.5, 0.6) is 0 Å². The number of nitrogens with zero attached hydrogens (tertiary/aromatic N) is 1. The summed E-state index contributed by atoms with van der Waals surface area (Å²) in [5, 5.41) is 3.08. The van der Waals surface area contributed by atoms with Gasteiger partial charge in [0.05, 0.1) is 5.41 Å². The van der Waals surface area contributed by atoms with Crippen molar-refractivity contribution in [1.82, 2.24) is 5.32 Å². The molecule has 0 aromatic heterocycles. The zero-order valence-corrected chi connectivity index (χ0v) is 14.7. The molecule has 0 radical (unpaired) electrons. The maximum Gasteiger partial charge on any atom is 0.230 e. The molecule has 132 valence electrons. The van der Waals surface area contributed by atoms with Gasteiger partial charge in [0, 0.05) is 25.8 Å². The van der Waals surface area contributed by atoms with Gasteiger partial charge in [-0.25, -0.2) is 4.39 Å². The first kappa shape index (κ1) is 17.5. The summed E-state index contributed by atoms with van der Waals surface area (Å²) in [4.78, 5) is 15.1. The van der Waals surface area contributed by atoms with Gasteiger partial charge in [-0.2, -0.15) is 0 Å². The maximum absolute atomic E-state index is 13.7. The molecule has 1 aliphatic carbocycles. The zero-order chi connectivity index (χ0) is 17.7. The monoisotopic (exact) mass is 340 g/mol. The minimum absolute atomic E-state index is 0.0251. The van der Waals surface area contributed by atoms with E-state index in [1.807, 2.05) is 43.4 Å². The first-order valence-electron chi connectivity index (χ1n) is 8.92. The number of carbonyl (C=O) groups is 1. The predicted octanol–water partition coefficient (Wildman–Crippen LogP) is 3.89. The second-order valence-electron chi connectivity index (χ2n) is 6.81. The van der Waals surface area contributed by atoms with E-state index in [2.05, 4.69) is 10.2 Å². The molecule has 1 fully saturated rings. The standard InChI is InChI=1S/C21H25FN2O/c1-24(19-10-3-2-4-11-19)15-14-23-20(25)21(12-5-6-13-21)17-8-7-9-18(22)16-17/h2-4,7-11,16H,5-6,12-15H2,1H3,(H,23,25). The normalized spacial score (nSPS) is 15.8. The van der Waals surface area contributed by atoms with Crippen LogP contribution in [-0.2, 0) is 10.2 Å². The largest absolute Gasteiger partial charge is 0.373 e. The summed E-state index contributed by atoms with van der Waals surface area (Å²) in [5.41, 5.74) is 1.35. The van der Waals surface area contributed by atoms with Crippen LogP contribution in [0.3, 0.4) is 0 Å². The number of nitrogens with one attached hydrogen (secondary N) is 1. The molecule has 1 amide bonds. The lowest BCUT2D eigenvalue weighted by atomic mass is 9.78. The Hall–Kier alpha value is -2.36. The van der Waals surface area contributed by atoms with Gasteiger partial charge in [0.2, 0.25) is 5.91 Å². The van der Waals surface area contributed by atoms with Gasteiger partial charge in [-0.1, -0.05) is 43.2 Å². The highest BCUT2D eigenvalue weighted by atomic mass is 19.1. The Labute approximate surface area is 148 Å². The number of carbonyl (C=O) groups excluding carboxylic acids is 1. The summed E-state index contributed by atoms with van der Waals surface area (Å²) >= 11 is 0. The fourth-order valence-electron chi connectivity index (χ4n) is 3.73. The van der Waals surface area contributed by atoms with Gasteiger partial charge in [-0.05, 0) is 42.7 Å². The van der Waals surface area contributed by atoms with Crippen molar-refractivity contribution in [3.63, 3.8) is 0 Å². The van der Waals surface area contributed by atoms with Crippen molar-refractivity contribution in [2.75, 3.05) is 25.0 Å². The number of anilines is 1. The Morgan fingerprint density at radius 1 is 1.12 bits per heavy atom. The lowest BCUT2D eigenvalue weighted by Gasteiger charge is -2.29. The number of likely N-dealkylation sites (N-methyl/N-ethyl adjacent to an activating group) is 1. The summed E-state index contributed by atoms with van der Waals surface area (Å²) in [6.07, 6.45) is 3.59. The van der Waals surface area contributed by atoms with Crippen molar-refractivity contribution in [2.45, 2.75) is 31.1 Å². The molecular formula is C21H25FN2O. The molecule has 2 aromatic carbocycles. The molecule has 0 aliphatic heterocycles. The van der Waals surface area contributed by atoms with Gasteiger partial charge in [0.1, 0.15) is 5.82 Å². The Balaban J connectivity index is 1.64. The molecule has 0 atom stereocenters. The Kier molecular flexibility index (Phi) is 5.37. The van der Waals surface area contributed by atoms with E-state index >= 15 is 0 Å². The molecule has 1 saturated carbocycles. The topological polar surface area (TPSA) is 32.3 Å². The maximum atomic E-state index is 13.7. The lowest BCUT2D eigenvalue weighted by molar-refractivity contribution is -0.126. The molecule has 0 bridgehead atoms. The van der Waals surface area contributed by atoms with Crippen molar-refractivity contribution in [3.8, 4) is 0 Å². The van der Waals surface area contributed by atoms with Gasteiger partial charge in [0.15, 0.2) is 0 Å². The summed E-state index contributed by atoms with van der Waals surface area (Å²) in [5.74, 6) is -0.252. The van der Waals surface area contributed by atoms with E-state index in [-0.39, 0.29) is 11.7 Å². The molecule has 25 heavy (non-hydrogen) atoms. The SMILES string of the molecule is CN(CCNC(=O)C1(c2cccc(F)c2)CCCC1)c1ccccc1. The fourth-order valence-corrected chi connectivity index (χ4v) is 3.73. The Morgan fingerprint density at radius 2 is 1.84 bits per heavy atom. The number of halogens is 1. The minimum atomic E-state index is -0.576. The summed E-state index contributed by atoms with van der Waals surface area (Å²) < 4.78 is 13.7. The van der Waals surface area contributed by atoms with Gasteiger partial charge < -0.3 is 10.2 Å². The molecule has 4 heteroatoms. The van der Waals surface area contributed by atoms with Crippen molar-refractivity contribution in [1.29, 1.82) is 0 Å². The van der Waals surface area contributed by atoms with Crippen LogP contribution in [0.15, 0.2) is 54.6 Å². The molecular weight excluding hydrogens is 315 g/mol. The fraction of sp³-hybridized carbons (Fsp3) is 0.381. The van der Waals surface area contributed by atoms with E-state index in [0.717, 1.165) is 43.5 Å². The van der Waals surface area contributed by atoms with Crippen LogP contribution in [0.2, 0.25) is 0 Å². The van der Waals surface area contributed by atoms with Crippen LogP contribution in [-0.4, -0.2) is 26.0 Å². The van der Waals surface area contributed by atoms with Crippen molar-refractivity contribution in [3.05, 3.63) is 66.0 Å². The number of amides is 1. The smallest absolute Gasteiger partial charge is 0.230 e. The highest BCUT2D eigenvalue weighted by molar-refractivity contribution is 5.88. The summed E-state index contributed by atoms with van der Waals surface area (Å²) in [6, 6.07) is 16.6. The third kappa shape index (κ3) is 3.84. The van der Waals surface area contributed by atoms with Crippen LogP contribution in [0.1, 0.15) is 31.2 Å². The number of benzene rings is 2. The zero-order valence-electron chi connectivity index (χ0n) is 14.7. The molecule has 0 spiro atoms. The van der Waals surface area contributed by atoms with E-state index in [9.17, 15) is 9.18 Å². The van der Waals surface area contributed by atoms with Crippen molar-refractivity contribution < 1.29 is 9.18 Å². The third-order valence-electron chi connectivity index (χ3n) is 5.20. The molecule has 0 saturated heterocycles. The number of rotatable bonds is 6. The molecule has 0 heterocycles. The molecule has 3 rings (SSSR count). The summed E-state index contributed by atoms with van der Waals surface area (Å²) in [7, 11) is 2.01. The van der Waals surface area contributed by atoms with Crippen molar-refractivity contribution >= 4 is 11.6 Å². The Morgan fingerprint density at radius 3 is 2.52 bits per heavy atom. The minimum Gasteiger partial charge on any atom is -0.373 e. The molecule has 1 N–H and O–H groups in total. The number of hydrogen-bond acceptors (Lipinski definition) is 2. The third-order valence-corrected chi connectivity index (χ3v) is 5.20. The second-order valence-corrected chi connectivity index (χ2v) is 6.81. The van der Waals surface area contributed by atoms with E-state index in [0.29, 0.717) is 6.54 Å². The van der Waals surface area contributed by atoms with Gasteiger partial charge >= 0.3 is 0 Å². The van der Waals surface area contributed by atoms with Crippen LogP contribution in [0, 0.1) is 5.82 Å². The predicted molar refractivity (Wildman–Crippen MR) is 99.3 cm³/mol. The molecule has 2 aromatic rings. The van der Waals surface area contributed by atoms with E-state index < -0.39 is 5.41 Å². The van der Waals surface area contributed by atoms with E-state index in [4.69, 9.17) is 0 Å². The van der Waals surface area contributed by atoms with Crippen LogP contribution in [0.25, 0.3) is 0 Å². The van der Waals surface area contributed by atoms with Gasteiger partial charge in [0.25, 0.3) is 0 Å². The molecule has 1 aliphatic rings. The summed E-state index contributed by atoms with van der Waals surface area (Å²) in [6.45, 7) is 1.30. The van der Waals surface area contributed by atoms with Crippen LogP contribution in [0.4, 0.5) is 10.1 Å². The van der Waals surface area contributed by atoms with Crippen LogP contribution < -0.4 is 10.2 Å². The second kappa shape index (κ2) is 7.68. The van der Waals surface area contributed by atoms with Gasteiger partial charge in [-0.15, -0.1) is 0 Å². The Bertz CT molecular complexity index is 711. The van der Waals surface area contributed by atoms with E-state index in [1.165, 1.54) is 12.1 Å². The van der Waals surface area contributed by atoms with E-state index in [1.54, 1.807) is 6.07 Å².